The van der Waals surface area contributed by atoms with Crippen LogP contribution in [0.2, 0.25) is 0 Å². The Morgan fingerprint density at radius 3 is 2.68 bits per heavy atom. The number of anilines is 2. The number of carbonyl (C=O) groups is 1. The van der Waals surface area contributed by atoms with Gasteiger partial charge in [-0.2, -0.15) is 0 Å². The second-order valence-electron chi connectivity index (χ2n) is 4.89. The van der Waals surface area contributed by atoms with Gasteiger partial charge in [0.15, 0.2) is 0 Å². The predicted octanol–water partition coefficient (Wildman–Crippen LogP) is 2.04. The number of rotatable bonds is 5. The zero-order valence-electron chi connectivity index (χ0n) is 11.4. The zero-order chi connectivity index (χ0) is 13.9. The Bertz CT molecular complexity index is 464. The fraction of sp³-hybridized carbons (Fsp3) is 0.500. The monoisotopic (exact) mass is 264 g/mol. The van der Waals surface area contributed by atoms with Gasteiger partial charge in [-0.05, 0) is 37.5 Å². The lowest BCUT2D eigenvalue weighted by atomic mass is 9.80. The van der Waals surface area contributed by atoms with Crippen molar-refractivity contribution in [3.63, 3.8) is 0 Å². The molecule has 5 heteroatoms. The summed E-state index contributed by atoms with van der Waals surface area (Å²) in [6.45, 7) is 0.678. The quantitative estimate of drug-likeness (QED) is 0.629. The molecule has 0 amide bonds. The second-order valence-corrected chi connectivity index (χ2v) is 4.89. The summed E-state index contributed by atoms with van der Waals surface area (Å²) in [7, 11) is 3.09. The van der Waals surface area contributed by atoms with Crippen LogP contribution in [0.1, 0.15) is 29.6 Å². The number of nitrogens with two attached hydrogens (primary N) is 1. The van der Waals surface area contributed by atoms with Gasteiger partial charge in [0.2, 0.25) is 0 Å². The Kier molecular flexibility index (Phi) is 3.95. The first kappa shape index (κ1) is 13.7. The molecule has 1 aliphatic rings. The minimum atomic E-state index is -0.394. The Morgan fingerprint density at radius 1 is 1.42 bits per heavy atom. The van der Waals surface area contributed by atoms with Gasteiger partial charge in [0.25, 0.3) is 0 Å². The highest BCUT2D eigenvalue weighted by molar-refractivity contribution is 5.96. The first-order valence-electron chi connectivity index (χ1n) is 6.37. The van der Waals surface area contributed by atoms with Gasteiger partial charge in [-0.15, -0.1) is 0 Å². The van der Waals surface area contributed by atoms with E-state index in [0.717, 1.165) is 18.5 Å². The molecule has 0 radical (unpaired) electrons. The summed E-state index contributed by atoms with van der Waals surface area (Å²) in [5.74, 6) is -0.394. The van der Waals surface area contributed by atoms with Gasteiger partial charge in [-0.1, -0.05) is 0 Å². The molecular weight excluding hydrogens is 244 g/mol. The van der Waals surface area contributed by atoms with E-state index in [1.165, 1.54) is 13.5 Å². The lowest BCUT2D eigenvalue weighted by Crippen LogP contribution is -2.45. The van der Waals surface area contributed by atoms with E-state index < -0.39 is 5.97 Å². The van der Waals surface area contributed by atoms with E-state index in [1.54, 1.807) is 25.3 Å². The van der Waals surface area contributed by atoms with Crippen LogP contribution in [0.15, 0.2) is 18.2 Å². The van der Waals surface area contributed by atoms with Crippen LogP contribution in [-0.2, 0) is 9.47 Å². The number of carbonyl (C=O) groups excluding carboxylic acids is 1. The van der Waals surface area contributed by atoms with Crippen LogP contribution in [0.3, 0.4) is 0 Å². The largest absolute Gasteiger partial charge is 0.465 e. The van der Waals surface area contributed by atoms with Crippen molar-refractivity contribution in [3.05, 3.63) is 23.8 Å². The summed E-state index contributed by atoms with van der Waals surface area (Å²) in [5.41, 5.74) is 7.32. The molecule has 1 aromatic rings. The van der Waals surface area contributed by atoms with Crippen LogP contribution >= 0.6 is 0 Å². The van der Waals surface area contributed by atoms with Gasteiger partial charge in [-0.25, -0.2) is 4.79 Å². The molecule has 1 saturated carbocycles. The van der Waals surface area contributed by atoms with Crippen LogP contribution in [0.5, 0.6) is 0 Å². The Labute approximate surface area is 113 Å². The molecule has 104 valence electrons. The highest BCUT2D eigenvalue weighted by Crippen LogP contribution is 2.35. The van der Waals surface area contributed by atoms with Crippen molar-refractivity contribution < 1.29 is 14.3 Å². The van der Waals surface area contributed by atoms with Crippen LogP contribution in [-0.4, -0.2) is 32.3 Å². The Morgan fingerprint density at radius 2 is 2.16 bits per heavy atom. The summed E-state index contributed by atoms with van der Waals surface area (Å²) < 4.78 is 10.3. The fourth-order valence-electron chi connectivity index (χ4n) is 2.28. The molecule has 0 atom stereocenters. The molecule has 0 heterocycles. The molecule has 5 nitrogen and oxygen atoms in total. The van der Waals surface area contributed by atoms with Gasteiger partial charge < -0.3 is 20.5 Å². The van der Waals surface area contributed by atoms with E-state index in [-0.39, 0.29) is 5.60 Å². The SMILES string of the molecule is COC(=O)c1cc(N)ccc1NCC1(OC)CCC1. The van der Waals surface area contributed by atoms with Crippen molar-refractivity contribution in [1.82, 2.24) is 0 Å². The van der Waals surface area contributed by atoms with Crippen LogP contribution in [0.4, 0.5) is 11.4 Å². The molecule has 1 fully saturated rings. The average molecular weight is 264 g/mol. The van der Waals surface area contributed by atoms with E-state index in [1.807, 2.05) is 0 Å². The van der Waals surface area contributed by atoms with Gasteiger partial charge in [0, 0.05) is 25.0 Å². The summed E-state index contributed by atoms with van der Waals surface area (Å²) >= 11 is 0. The molecule has 0 spiro atoms. The number of hydrogen-bond donors (Lipinski definition) is 2. The normalized spacial score (nSPS) is 16.5. The topological polar surface area (TPSA) is 73.6 Å². The lowest BCUT2D eigenvalue weighted by Gasteiger charge is -2.40. The number of ether oxygens (including phenoxy) is 2. The van der Waals surface area contributed by atoms with Crippen molar-refractivity contribution >= 4 is 17.3 Å². The molecular formula is C14H20N2O3. The summed E-state index contributed by atoms with van der Waals surface area (Å²) in [5, 5.41) is 3.27. The molecule has 1 aliphatic carbocycles. The fourth-order valence-corrected chi connectivity index (χ4v) is 2.28. The highest BCUT2D eigenvalue weighted by atomic mass is 16.5. The first-order valence-corrected chi connectivity index (χ1v) is 6.37. The average Bonchev–Trinajstić information content (AvgIpc) is 2.38. The molecule has 0 unspecified atom stereocenters. The summed E-state index contributed by atoms with van der Waals surface area (Å²) in [6, 6.07) is 5.17. The lowest BCUT2D eigenvalue weighted by molar-refractivity contribution is -0.0601. The van der Waals surface area contributed by atoms with Crippen LogP contribution in [0.25, 0.3) is 0 Å². The summed E-state index contributed by atoms with van der Waals surface area (Å²) in [4.78, 5) is 11.7. The summed E-state index contributed by atoms with van der Waals surface area (Å²) in [6.07, 6.45) is 3.26. The number of nitrogens with one attached hydrogen (secondary N) is 1. The third-order valence-electron chi connectivity index (χ3n) is 3.75. The van der Waals surface area contributed by atoms with Gasteiger partial charge >= 0.3 is 5.97 Å². The van der Waals surface area contributed by atoms with Gasteiger partial charge in [0.1, 0.15) is 0 Å². The Balaban J connectivity index is 2.13. The van der Waals surface area contributed by atoms with Crippen molar-refractivity contribution in [2.75, 3.05) is 31.8 Å². The molecule has 19 heavy (non-hydrogen) atoms. The maximum Gasteiger partial charge on any atom is 0.340 e. The maximum absolute atomic E-state index is 11.7. The standard InChI is InChI=1S/C14H20N2O3/c1-18-13(17)11-8-10(15)4-5-12(11)16-9-14(19-2)6-3-7-14/h4-5,8,16H,3,6-7,9,15H2,1-2H3. The number of methoxy groups -OCH3 is 2. The van der Waals surface area contributed by atoms with Crippen molar-refractivity contribution in [2.24, 2.45) is 0 Å². The molecule has 0 aromatic heterocycles. The van der Waals surface area contributed by atoms with Crippen molar-refractivity contribution in [3.8, 4) is 0 Å². The minimum absolute atomic E-state index is 0.102. The van der Waals surface area contributed by atoms with E-state index in [0.29, 0.717) is 17.8 Å². The third-order valence-corrected chi connectivity index (χ3v) is 3.75. The van der Waals surface area contributed by atoms with Gasteiger partial charge in [-0.3, -0.25) is 0 Å². The van der Waals surface area contributed by atoms with Gasteiger partial charge in [0.05, 0.1) is 18.3 Å². The molecule has 0 bridgehead atoms. The number of nitrogen functional groups attached to an aromatic ring is 1. The number of esters is 1. The highest BCUT2D eigenvalue weighted by Gasteiger charge is 2.36. The first-order chi connectivity index (χ1) is 9.10. The van der Waals surface area contributed by atoms with Crippen LogP contribution in [0, 0.1) is 0 Å². The van der Waals surface area contributed by atoms with Crippen LogP contribution < -0.4 is 11.1 Å². The predicted molar refractivity (Wildman–Crippen MR) is 74.3 cm³/mol. The smallest absolute Gasteiger partial charge is 0.340 e. The maximum atomic E-state index is 11.7. The van der Waals surface area contributed by atoms with E-state index >= 15 is 0 Å². The molecule has 0 aliphatic heterocycles. The molecule has 3 N–H and O–H groups in total. The minimum Gasteiger partial charge on any atom is -0.465 e. The van der Waals surface area contributed by atoms with E-state index in [9.17, 15) is 4.79 Å². The number of hydrogen-bond acceptors (Lipinski definition) is 5. The second kappa shape index (κ2) is 5.48. The third kappa shape index (κ3) is 2.81. The van der Waals surface area contributed by atoms with Crippen molar-refractivity contribution in [1.29, 1.82) is 0 Å². The van der Waals surface area contributed by atoms with E-state index in [4.69, 9.17) is 15.2 Å². The molecule has 0 saturated heterocycles. The molecule has 1 aromatic carbocycles. The van der Waals surface area contributed by atoms with Crippen molar-refractivity contribution in [2.45, 2.75) is 24.9 Å². The van der Waals surface area contributed by atoms with E-state index in [2.05, 4.69) is 5.32 Å². The Hall–Kier alpha value is -1.75. The zero-order valence-corrected chi connectivity index (χ0v) is 11.4. The molecule has 2 rings (SSSR count). The number of benzene rings is 1.